The number of nitrogens with one attached hydrogen (secondary N) is 2. The van der Waals surface area contributed by atoms with E-state index in [9.17, 15) is 0 Å². The van der Waals surface area contributed by atoms with Crippen molar-refractivity contribution in [1.82, 2.24) is 4.90 Å². The van der Waals surface area contributed by atoms with Gasteiger partial charge in [-0.1, -0.05) is 36.4 Å². The summed E-state index contributed by atoms with van der Waals surface area (Å²) >= 11 is 11.0. The van der Waals surface area contributed by atoms with Gasteiger partial charge in [0.05, 0.1) is 5.54 Å². The minimum atomic E-state index is -0.350. The molecule has 1 aliphatic heterocycles. The third-order valence-electron chi connectivity index (χ3n) is 6.04. The van der Waals surface area contributed by atoms with Gasteiger partial charge in [-0.05, 0) is 83.4 Å². The number of hydrogen-bond acceptors (Lipinski definition) is 5. The largest absolute Gasteiger partial charge is 0.463 e. The van der Waals surface area contributed by atoms with Crippen LogP contribution in [0.1, 0.15) is 34.1 Å². The first kappa shape index (κ1) is 23.4. The molecule has 0 aliphatic carbocycles. The molecule has 3 rings (SSSR count). The molecule has 0 spiro atoms. The van der Waals surface area contributed by atoms with Crippen LogP contribution >= 0.6 is 24.4 Å². The maximum absolute atomic E-state index is 6.30. The van der Waals surface area contributed by atoms with Crippen molar-refractivity contribution in [3.8, 4) is 0 Å². The van der Waals surface area contributed by atoms with Gasteiger partial charge in [-0.3, -0.25) is 4.90 Å². The number of benzene rings is 2. The van der Waals surface area contributed by atoms with E-state index in [2.05, 4.69) is 50.3 Å². The molecule has 2 aromatic rings. The summed E-state index contributed by atoms with van der Waals surface area (Å²) in [5.74, 6) is 0. The van der Waals surface area contributed by atoms with E-state index in [0.29, 0.717) is 10.3 Å². The first-order chi connectivity index (χ1) is 14.6. The van der Waals surface area contributed by atoms with Crippen LogP contribution in [-0.4, -0.2) is 45.6 Å². The first-order valence-corrected chi connectivity index (χ1v) is 11.2. The third-order valence-corrected chi connectivity index (χ3v) is 6.44. The zero-order chi connectivity index (χ0) is 22.6. The lowest BCUT2D eigenvalue weighted by Gasteiger charge is -2.56. The molecule has 1 saturated heterocycles. The summed E-state index contributed by atoms with van der Waals surface area (Å²) in [4.78, 5) is 2.32. The van der Waals surface area contributed by atoms with Gasteiger partial charge in [-0.15, -0.1) is 0 Å². The molecular formula is C24H31N3O2S2. The van der Waals surface area contributed by atoms with Crippen LogP contribution in [0.15, 0.2) is 60.7 Å². The van der Waals surface area contributed by atoms with Gasteiger partial charge in [-0.25, -0.2) is 0 Å². The fourth-order valence-corrected chi connectivity index (χ4v) is 4.54. The zero-order valence-electron chi connectivity index (χ0n) is 18.7. The summed E-state index contributed by atoms with van der Waals surface area (Å²) in [5.41, 5.74) is 1.31. The normalized spacial score (nSPS) is 22.2. The molecule has 1 aliphatic rings. The predicted octanol–water partition coefficient (Wildman–Crippen LogP) is 5.44. The Hall–Kier alpha value is -2.22. The lowest BCUT2D eigenvalue weighted by atomic mass is 9.76. The molecule has 0 amide bonds. The van der Waals surface area contributed by atoms with Gasteiger partial charge in [0.2, 0.25) is 0 Å². The highest BCUT2D eigenvalue weighted by Gasteiger charge is 2.53. The molecule has 5 nitrogen and oxygen atoms in total. The summed E-state index contributed by atoms with van der Waals surface area (Å²) in [6, 6.07) is 19.5. The van der Waals surface area contributed by atoms with Crippen molar-refractivity contribution in [2.24, 2.45) is 0 Å². The van der Waals surface area contributed by atoms with Gasteiger partial charge in [0.1, 0.15) is 6.10 Å². The Morgan fingerprint density at radius 1 is 0.839 bits per heavy atom. The Morgan fingerprint density at radius 2 is 1.29 bits per heavy atom. The average molecular weight is 458 g/mol. The smallest absolute Gasteiger partial charge is 0.261 e. The van der Waals surface area contributed by atoms with Crippen LogP contribution in [0.25, 0.3) is 0 Å². The number of rotatable bonds is 4. The minimum Gasteiger partial charge on any atom is -0.463 e. The molecule has 31 heavy (non-hydrogen) atoms. The van der Waals surface area contributed by atoms with Crippen LogP contribution in [0.3, 0.4) is 0 Å². The van der Waals surface area contributed by atoms with E-state index in [1.165, 1.54) is 0 Å². The van der Waals surface area contributed by atoms with Gasteiger partial charge in [0, 0.05) is 23.3 Å². The first-order valence-electron chi connectivity index (χ1n) is 10.4. The van der Waals surface area contributed by atoms with Crippen molar-refractivity contribution in [2.75, 3.05) is 17.7 Å². The van der Waals surface area contributed by atoms with Crippen molar-refractivity contribution in [3.63, 3.8) is 0 Å². The van der Waals surface area contributed by atoms with Gasteiger partial charge in [0.25, 0.3) is 10.3 Å². The quantitative estimate of drug-likeness (QED) is 0.593. The zero-order valence-corrected chi connectivity index (χ0v) is 20.3. The highest BCUT2D eigenvalue weighted by atomic mass is 32.1. The van der Waals surface area contributed by atoms with Crippen LogP contribution in [0.4, 0.5) is 11.4 Å². The Bertz CT molecular complexity index is 904. The van der Waals surface area contributed by atoms with Crippen LogP contribution in [-0.2, 0) is 9.47 Å². The predicted molar refractivity (Wildman–Crippen MR) is 136 cm³/mol. The topological polar surface area (TPSA) is 45.8 Å². The Balaban J connectivity index is 1.77. The second-order valence-electron chi connectivity index (χ2n) is 8.98. The number of piperidine rings is 1. The number of thiocarbonyl (C=S) groups is 2. The second-order valence-corrected chi connectivity index (χ2v) is 9.72. The molecule has 2 unspecified atom stereocenters. The van der Waals surface area contributed by atoms with Gasteiger partial charge in [0.15, 0.2) is 6.10 Å². The van der Waals surface area contributed by atoms with Crippen molar-refractivity contribution in [3.05, 3.63) is 60.7 Å². The maximum atomic E-state index is 6.30. The number of likely N-dealkylation sites (N-methyl/N-ethyl adjacent to an activating group) is 1. The van der Waals surface area contributed by atoms with Crippen molar-refractivity contribution in [2.45, 2.75) is 57.4 Å². The molecule has 0 saturated carbocycles. The molecule has 2 atom stereocenters. The van der Waals surface area contributed by atoms with Crippen LogP contribution in [0.5, 0.6) is 0 Å². The number of ether oxygens (including phenoxy) is 2. The monoisotopic (exact) mass is 457 g/mol. The van der Waals surface area contributed by atoms with E-state index in [1.807, 2.05) is 60.7 Å². The SMILES string of the molecule is CN1C(C)(C)CC(OC(=S)Nc2ccccc2)C(OC(=S)Nc2ccccc2)C1(C)C. The molecular weight excluding hydrogens is 426 g/mol. The van der Waals surface area contributed by atoms with E-state index >= 15 is 0 Å². The number of nitrogens with zero attached hydrogens (tertiary/aromatic N) is 1. The summed E-state index contributed by atoms with van der Waals surface area (Å²) in [6.07, 6.45) is 0.132. The van der Waals surface area contributed by atoms with Crippen molar-refractivity contribution >= 4 is 46.2 Å². The van der Waals surface area contributed by atoms with Gasteiger partial charge in [-0.2, -0.15) is 0 Å². The number of likely N-dealkylation sites (tertiary alicyclic amines) is 1. The van der Waals surface area contributed by atoms with Crippen LogP contribution in [0.2, 0.25) is 0 Å². The molecule has 0 radical (unpaired) electrons. The minimum absolute atomic E-state index is 0.106. The van der Waals surface area contributed by atoms with Crippen LogP contribution < -0.4 is 10.6 Å². The van der Waals surface area contributed by atoms with Crippen molar-refractivity contribution < 1.29 is 9.47 Å². The molecule has 1 heterocycles. The summed E-state index contributed by atoms with van der Waals surface area (Å²) in [6.45, 7) is 8.70. The van der Waals surface area contributed by atoms with E-state index in [1.54, 1.807) is 0 Å². The number of hydrogen-bond donors (Lipinski definition) is 2. The molecule has 2 N–H and O–H groups in total. The Morgan fingerprint density at radius 3 is 1.77 bits per heavy atom. The van der Waals surface area contributed by atoms with Crippen molar-refractivity contribution in [1.29, 1.82) is 0 Å². The van der Waals surface area contributed by atoms with E-state index in [4.69, 9.17) is 33.9 Å². The molecule has 2 aromatic carbocycles. The lowest BCUT2D eigenvalue weighted by Crippen LogP contribution is -2.69. The highest BCUT2D eigenvalue weighted by molar-refractivity contribution is 7.80. The summed E-state index contributed by atoms with van der Waals surface area (Å²) in [7, 11) is 2.11. The van der Waals surface area contributed by atoms with Crippen LogP contribution in [0, 0.1) is 0 Å². The fraction of sp³-hybridized carbons (Fsp3) is 0.417. The highest BCUT2D eigenvalue weighted by Crippen LogP contribution is 2.40. The molecule has 7 heteroatoms. The van der Waals surface area contributed by atoms with E-state index in [-0.39, 0.29) is 23.3 Å². The molecule has 1 fully saturated rings. The number of para-hydroxylation sites is 2. The Kier molecular flexibility index (Phi) is 7.19. The lowest BCUT2D eigenvalue weighted by molar-refractivity contribution is -0.139. The maximum Gasteiger partial charge on any atom is 0.261 e. The summed E-state index contributed by atoms with van der Waals surface area (Å²) < 4.78 is 12.6. The number of anilines is 2. The van der Waals surface area contributed by atoms with Gasteiger partial charge < -0.3 is 20.1 Å². The molecule has 0 bridgehead atoms. The van der Waals surface area contributed by atoms with E-state index < -0.39 is 0 Å². The average Bonchev–Trinajstić information content (AvgIpc) is 2.71. The third kappa shape index (κ3) is 5.73. The molecule has 166 valence electrons. The Labute approximate surface area is 196 Å². The van der Waals surface area contributed by atoms with Gasteiger partial charge >= 0.3 is 0 Å². The second kappa shape index (κ2) is 9.51. The standard InChI is InChI=1S/C24H31N3O2S2/c1-23(2)16-19(28-21(30)25-17-12-8-6-9-13-17)20(24(3,4)27(23)5)29-22(31)26-18-14-10-7-11-15-18/h6-15,19-20H,16H2,1-5H3,(H,25,30)(H,26,31). The molecule has 0 aromatic heterocycles. The van der Waals surface area contributed by atoms with E-state index in [0.717, 1.165) is 17.8 Å². The summed E-state index contributed by atoms with van der Waals surface area (Å²) in [5, 5.41) is 6.96. The fourth-order valence-electron chi connectivity index (χ4n) is 4.08.